The zero-order chi connectivity index (χ0) is 17.4. The summed E-state index contributed by atoms with van der Waals surface area (Å²) in [5, 5.41) is 3.21. The van der Waals surface area contributed by atoms with Gasteiger partial charge in [0.1, 0.15) is 10.8 Å². The van der Waals surface area contributed by atoms with E-state index in [1.807, 2.05) is 18.2 Å². The summed E-state index contributed by atoms with van der Waals surface area (Å²) in [6.45, 7) is 4.43. The molecule has 2 heterocycles. The van der Waals surface area contributed by atoms with Gasteiger partial charge in [0.05, 0.1) is 12.8 Å². The predicted octanol–water partition coefficient (Wildman–Crippen LogP) is 5.63. The average molecular weight is 350 g/mol. The first kappa shape index (κ1) is 16.3. The summed E-state index contributed by atoms with van der Waals surface area (Å²) in [6, 6.07) is 8.08. The Labute approximate surface area is 152 Å². The molecule has 25 heavy (non-hydrogen) atoms. The van der Waals surface area contributed by atoms with Crippen molar-refractivity contribution < 1.29 is 4.74 Å². The number of hydrogen-bond donors (Lipinski definition) is 0. The molecule has 4 heteroatoms. The van der Waals surface area contributed by atoms with Crippen LogP contribution in [0.5, 0.6) is 5.75 Å². The normalized spacial score (nSPS) is 16.5. The fourth-order valence-electron chi connectivity index (χ4n) is 3.74. The molecule has 0 saturated carbocycles. The van der Waals surface area contributed by atoms with Crippen LogP contribution >= 0.6 is 11.3 Å². The molecule has 0 bridgehead atoms. The molecule has 0 aliphatic heterocycles. The summed E-state index contributed by atoms with van der Waals surface area (Å²) in [7, 11) is 1.69. The molecule has 1 aromatic carbocycles. The van der Waals surface area contributed by atoms with E-state index >= 15 is 0 Å². The van der Waals surface area contributed by atoms with Gasteiger partial charge in [0.15, 0.2) is 0 Å². The van der Waals surface area contributed by atoms with E-state index in [0.717, 1.165) is 34.1 Å². The van der Waals surface area contributed by atoms with Crippen LogP contribution in [0, 0.1) is 6.92 Å². The van der Waals surface area contributed by atoms with Gasteiger partial charge in [-0.25, -0.2) is 4.98 Å². The SMILES string of the molecule is COc1cccc(-c2csc(-c3c(C)ncc4c3C(C)CCC4)n2)c1. The zero-order valence-electron chi connectivity index (χ0n) is 14.9. The highest BCUT2D eigenvalue weighted by molar-refractivity contribution is 7.13. The maximum Gasteiger partial charge on any atom is 0.126 e. The van der Waals surface area contributed by atoms with Crippen LogP contribution in [-0.2, 0) is 6.42 Å². The van der Waals surface area contributed by atoms with Gasteiger partial charge >= 0.3 is 0 Å². The number of methoxy groups -OCH3 is 1. The van der Waals surface area contributed by atoms with Gasteiger partial charge in [-0.2, -0.15) is 0 Å². The topological polar surface area (TPSA) is 35.0 Å². The van der Waals surface area contributed by atoms with Crippen LogP contribution in [0.25, 0.3) is 21.8 Å². The molecule has 1 unspecified atom stereocenters. The van der Waals surface area contributed by atoms with Crippen molar-refractivity contribution in [3.63, 3.8) is 0 Å². The molecule has 4 rings (SSSR count). The highest BCUT2D eigenvalue weighted by Crippen LogP contribution is 2.41. The summed E-state index contributed by atoms with van der Waals surface area (Å²) in [5.74, 6) is 1.43. The van der Waals surface area contributed by atoms with Gasteiger partial charge in [-0.05, 0) is 55.4 Å². The van der Waals surface area contributed by atoms with Gasteiger partial charge in [0.2, 0.25) is 0 Å². The summed E-state index contributed by atoms with van der Waals surface area (Å²) < 4.78 is 5.34. The number of thiazole rings is 1. The Morgan fingerprint density at radius 1 is 1.28 bits per heavy atom. The minimum Gasteiger partial charge on any atom is -0.497 e. The molecule has 3 nitrogen and oxygen atoms in total. The second-order valence-electron chi connectivity index (χ2n) is 6.72. The van der Waals surface area contributed by atoms with Crippen LogP contribution in [-0.4, -0.2) is 17.1 Å². The summed E-state index contributed by atoms with van der Waals surface area (Å²) >= 11 is 1.71. The molecule has 1 aliphatic carbocycles. The second-order valence-corrected chi connectivity index (χ2v) is 7.58. The standard InChI is InChI=1S/C21H22N2OS/c1-13-6-4-8-16-11-22-14(2)20(19(13)16)21-23-18(12-25-21)15-7-5-9-17(10-15)24-3/h5,7,9-13H,4,6,8H2,1-3H3. The lowest BCUT2D eigenvalue weighted by Gasteiger charge is -2.25. The molecule has 2 aromatic heterocycles. The second kappa shape index (κ2) is 6.60. The first-order chi connectivity index (χ1) is 12.2. The predicted molar refractivity (Wildman–Crippen MR) is 103 cm³/mol. The van der Waals surface area contributed by atoms with E-state index in [2.05, 4.69) is 36.5 Å². The van der Waals surface area contributed by atoms with Crippen molar-refractivity contribution >= 4 is 11.3 Å². The van der Waals surface area contributed by atoms with E-state index in [-0.39, 0.29) is 0 Å². The lowest BCUT2D eigenvalue weighted by atomic mass is 9.82. The zero-order valence-corrected chi connectivity index (χ0v) is 15.7. The highest BCUT2D eigenvalue weighted by Gasteiger charge is 2.24. The largest absolute Gasteiger partial charge is 0.497 e. The molecule has 1 atom stereocenters. The van der Waals surface area contributed by atoms with Gasteiger partial charge in [0, 0.05) is 28.4 Å². The lowest BCUT2D eigenvalue weighted by molar-refractivity contribution is 0.415. The summed E-state index contributed by atoms with van der Waals surface area (Å²) in [4.78, 5) is 9.61. The first-order valence-corrected chi connectivity index (χ1v) is 9.64. The maximum atomic E-state index is 5.34. The Hall–Kier alpha value is -2.20. The molecule has 0 radical (unpaired) electrons. The third kappa shape index (κ3) is 2.95. The molecule has 0 spiro atoms. The molecule has 1 aliphatic rings. The Morgan fingerprint density at radius 3 is 3.00 bits per heavy atom. The van der Waals surface area contributed by atoms with Crippen LogP contribution < -0.4 is 4.74 Å². The first-order valence-electron chi connectivity index (χ1n) is 8.76. The van der Waals surface area contributed by atoms with Gasteiger partial charge in [-0.15, -0.1) is 11.3 Å². The Kier molecular flexibility index (Phi) is 4.30. The van der Waals surface area contributed by atoms with Crippen LogP contribution in [0.1, 0.15) is 42.5 Å². The third-order valence-corrected chi connectivity index (χ3v) is 5.91. The molecule has 0 saturated heterocycles. The molecular weight excluding hydrogens is 328 g/mol. The van der Waals surface area contributed by atoms with E-state index < -0.39 is 0 Å². The van der Waals surface area contributed by atoms with E-state index in [1.165, 1.54) is 29.5 Å². The Morgan fingerprint density at radius 2 is 2.16 bits per heavy atom. The van der Waals surface area contributed by atoms with Gasteiger partial charge in [-0.3, -0.25) is 4.98 Å². The number of pyridine rings is 1. The fourth-order valence-corrected chi connectivity index (χ4v) is 4.68. The van der Waals surface area contributed by atoms with Crippen molar-refractivity contribution in [2.75, 3.05) is 7.11 Å². The minimum absolute atomic E-state index is 0.574. The number of benzene rings is 1. The smallest absolute Gasteiger partial charge is 0.126 e. The molecule has 0 N–H and O–H groups in total. The Bertz CT molecular complexity index is 916. The Balaban J connectivity index is 1.81. The van der Waals surface area contributed by atoms with E-state index in [0.29, 0.717) is 5.92 Å². The summed E-state index contributed by atoms with van der Waals surface area (Å²) in [5.41, 5.74) is 7.29. The number of aryl methyl sites for hydroxylation is 2. The van der Waals surface area contributed by atoms with E-state index in [4.69, 9.17) is 9.72 Å². The number of aromatic nitrogens is 2. The van der Waals surface area contributed by atoms with Crippen LogP contribution in [0.2, 0.25) is 0 Å². The summed E-state index contributed by atoms with van der Waals surface area (Å²) in [6.07, 6.45) is 5.71. The molecular formula is C21H22N2OS. The number of nitrogens with zero attached hydrogens (tertiary/aromatic N) is 2. The van der Waals surface area contributed by atoms with Crippen LogP contribution in [0.4, 0.5) is 0 Å². The quantitative estimate of drug-likeness (QED) is 0.614. The molecule has 0 amide bonds. The van der Waals surface area contributed by atoms with Gasteiger partial charge in [0.25, 0.3) is 0 Å². The number of ether oxygens (including phenoxy) is 1. The highest BCUT2D eigenvalue weighted by atomic mass is 32.1. The number of hydrogen-bond acceptors (Lipinski definition) is 4. The van der Waals surface area contributed by atoms with Crippen LogP contribution in [0.15, 0.2) is 35.8 Å². The van der Waals surface area contributed by atoms with E-state index in [1.54, 1.807) is 18.4 Å². The van der Waals surface area contributed by atoms with Crippen molar-refractivity contribution in [3.05, 3.63) is 52.7 Å². The maximum absolute atomic E-state index is 5.34. The van der Waals surface area contributed by atoms with Crippen molar-refractivity contribution in [2.45, 2.75) is 39.0 Å². The average Bonchev–Trinajstić information content (AvgIpc) is 3.12. The van der Waals surface area contributed by atoms with Crippen molar-refractivity contribution in [1.82, 2.24) is 9.97 Å². The van der Waals surface area contributed by atoms with E-state index in [9.17, 15) is 0 Å². The number of rotatable bonds is 3. The monoisotopic (exact) mass is 350 g/mol. The van der Waals surface area contributed by atoms with Crippen molar-refractivity contribution in [2.24, 2.45) is 0 Å². The molecule has 0 fully saturated rings. The molecule has 128 valence electrons. The third-order valence-electron chi connectivity index (χ3n) is 5.05. The lowest BCUT2D eigenvalue weighted by Crippen LogP contribution is -2.11. The van der Waals surface area contributed by atoms with Crippen molar-refractivity contribution in [1.29, 1.82) is 0 Å². The fraction of sp³-hybridized carbons (Fsp3) is 0.333. The van der Waals surface area contributed by atoms with Gasteiger partial charge < -0.3 is 4.74 Å². The van der Waals surface area contributed by atoms with Crippen LogP contribution in [0.3, 0.4) is 0 Å². The van der Waals surface area contributed by atoms with Gasteiger partial charge in [-0.1, -0.05) is 19.1 Å². The van der Waals surface area contributed by atoms with Crippen molar-refractivity contribution in [3.8, 4) is 27.6 Å². The number of fused-ring (bicyclic) bond motifs is 1. The minimum atomic E-state index is 0.574. The molecule has 3 aromatic rings.